The Morgan fingerprint density at radius 1 is 0.786 bits per heavy atom. The fourth-order valence-corrected chi connectivity index (χ4v) is 1.72. The summed E-state index contributed by atoms with van der Waals surface area (Å²) >= 11 is 4.40. The number of thiol groups is 1. The van der Waals surface area contributed by atoms with Crippen LogP contribution in [0.15, 0.2) is 53.4 Å². The number of hydrogen-bond donors (Lipinski definition) is 2. The summed E-state index contributed by atoms with van der Waals surface area (Å²) in [5, 5.41) is 0. The summed E-state index contributed by atoms with van der Waals surface area (Å²) < 4.78 is 0. The van der Waals surface area contributed by atoms with Gasteiger partial charge >= 0.3 is 0 Å². The number of anilines is 1. The van der Waals surface area contributed by atoms with E-state index in [2.05, 4.69) is 12.6 Å². The van der Waals surface area contributed by atoms with Gasteiger partial charge in [0.15, 0.2) is 0 Å². The smallest absolute Gasteiger partial charge is 0.0394 e. The number of hydrogen-bond acceptors (Lipinski definition) is 2. The Labute approximate surface area is 89.0 Å². The summed E-state index contributed by atoms with van der Waals surface area (Å²) in [6.07, 6.45) is 0. The zero-order valence-electron chi connectivity index (χ0n) is 7.64. The molecule has 14 heavy (non-hydrogen) atoms. The molecule has 0 fully saturated rings. The molecule has 2 heteroatoms. The summed E-state index contributed by atoms with van der Waals surface area (Å²) in [4.78, 5) is 0.949. The molecule has 0 spiro atoms. The van der Waals surface area contributed by atoms with Crippen molar-refractivity contribution in [1.82, 2.24) is 0 Å². The van der Waals surface area contributed by atoms with Crippen LogP contribution in [-0.4, -0.2) is 0 Å². The highest BCUT2D eigenvalue weighted by Crippen LogP contribution is 2.30. The van der Waals surface area contributed by atoms with Gasteiger partial charge in [0.05, 0.1) is 0 Å². The van der Waals surface area contributed by atoms with Gasteiger partial charge in [-0.2, -0.15) is 0 Å². The lowest BCUT2D eigenvalue weighted by Crippen LogP contribution is -1.89. The summed E-state index contributed by atoms with van der Waals surface area (Å²) in [6, 6.07) is 15.7. The fourth-order valence-electron chi connectivity index (χ4n) is 1.44. The highest BCUT2D eigenvalue weighted by Gasteiger charge is 2.03. The van der Waals surface area contributed by atoms with Crippen LogP contribution in [0.25, 0.3) is 11.1 Å². The Bertz CT molecular complexity index is 408. The second-order valence-electron chi connectivity index (χ2n) is 3.10. The van der Waals surface area contributed by atoms with Gasteiger partial charge in [0, 0.05) is 16.1 Å². The van der Waals surface area contributed by atoms with Crippen LogP contribution in [0.4, 0.5) is 5.69 Å². The number of nitrogens with two attached hydrogens (primary N) is 1. The highest BCUT2D eigenvalue weighted by molar-refractivity contribution is 7.80. The quantitative estimate of drug-likeness (QED) is 0.537. The third-order valence-corrected chi connectivity index (χ3v) is 2.54. The molecule has 0 saturated heterocycles. The van der Waals surface area contributed by atoms with Gasteiger partial charge in [0.25, 0.3) is 0 Å². The Hall–Kier alpha value is -1.41. The molecule has 0 unspecified atom stereocenters. The van der Waals surface area contributed by atoms with Crippen LogP contribution in [0.5, 0.6) is 0 Å². The molecule has 0 aliphatic carbocycles. The maximum atomic E-state index is 5.89. The molecule has 0 radical (unpaired) electrons. The van der Waals surface area contributed by atoms with Crippen LogP contribution in [0.3, 0.4) is 0 Å². The van der Waals surface area contributed by atoms with E-state index >= 15 is 0 Å². The molecule has 0 aliphatic heterocycles. The molecule has 2 rings (SSSR count). The second kappa shape index (κ2) is 3.76. The summed E-state index contributed by atoms with van der Waals surface area (Å²) in [5.41, 5.74) is 8.79. The third kappa shape index (κ3) is 1.61. The van der Waals surface area contributed by atoms with Crippen molar-refractivity contribution in [2.24, 2.45) is 0 Å². The first-order valence-electron chi connectivity index (χ1n) is 4.42. The molecule has 0 aliphatic rings. The van der Waals surface area contributed by atoms with Gasteiger partial charge in [-0.25, -0.2) is 0 Å². The highest BCUT2D eigenvalue weighted by atomic mass is 32.1. The Morgan fingerprint density at radius 2 is 1.36 bits per heavy atom. The number of para-hydroxylation sites is 1. The minimum absolute atomic E-state index is 0.786. The molecule has 0 saturated carbocycles. The van der Waals surface area contributed by atoms with Crippen molar-refractivity contribution in [2.75, 3.05) is 5.73 Å². The van der Waals surface area contributed by atoms with Crippen LogP contribution in [-0.2, 0) is 0 Å². The summed E-state index contributed by atoms with van der Waals surface area (Å²) in [5.74, 6) is 0. The van der Waals surface area contributed by atoms with Crippen LogP contribution in [0.1, 0.15) is 0 Å². The first-order chi connectivity index (χ1) is 6.79. The molecular weight excluding hydrogens is 190 g/mol. The lowest BCUT2D eigenvalue weighted by molar-refractivity contribution is 1.46. The van der Waals surface area contributed by atoms with Crippen molar-refractivity contribution in [3.63, 3.8) is 0 Å². The van der Waals surface area contributed by atoms with Gasteiger partial charge in [0.1, 0.15) is 0 Å². The Kier molecular flexibility index (Phi) is 2.46. The van der Waals surface area contributed by atoms with Gasteiger partial charge in [-0.15, -0.1) is 12.6 Å². The SMILES string of the molecule is Nc1ccccc1-c1ccccc1S. The topological polar surface area (TPSA) is 26.0 Å². The van der Waals surface area contributed by atoms with E-state index in [9.17, 15) is 0 Å². The fraction of sp³-hybridized carbons (Fsp3) is 0. The van der Waals surface area contributed by atoms with Gasteiger partial charge in [-0.3, -0.25) is 0 Å². The van der Waals surface area contributed by atoms with Crippen LogP contribution >= 0.6 is 12.6 Å². The van der Waals surface area contributed by atoms with E-state index in [0.29, 0.717) is 0 Å². The minimum Gasteiger partial charge on any atom is -0.398 e. The van der Waals surface area contributed by atoms with Crippen molar-refractivity contribution in [1.29, 1.82) is 0 Å². The number of rotatable bonds is 1. The lowest BCUT2D eigenvalue weighted by atomic mass is 10.0. The van der Waals surface area contributed by atoms with E-state index in [-0.39, 0.29) is 0 Å². The maximum Gasteiger partial charge on any atom is 0.0394 e. The predicted molar refractivity (Wildman–Crippen MR) is 63.5 cm³/mol. The van der Waals surface area contributed by atoms with Crippen molar-refractivity contribution in [3.05, 3.63) is 48.5 Å². The summed E-state index contributed by atoms with van der Waals surface area (Å²) in [7, 11) is 0. The average molecular weight is 201 g/mol. The Balaban J connectivity index is 2.61. The minimum atomic E-state index is 0.786. The van der Waals surface area contributed by atoms with E-state index in [1.807, 2.05) is 48.5 Å². The van der Waals surface area contributed by atoms with Gasteiger partial charge in [-0.05, 0) is 17.7 Å². The molecule has 2 N–H and O–H groups in total. The van der Waals surface area contributed by atoms with E-state index < -0.39 is 0 Å². The standard InChI is InChI=1S/C12H11NS/c13-11-7-3-1-5-9(11)10-6-2-4-8-12(10)14/h1-8,14H,13H2. The van der Waals surface area contributed by atoms with E-state index in [1.54, 1.807) is 0 Å². The normalized spacial score (nSPS) is 10.1. The largest absolute Gasteiger partial charge is 0.398 e. The van der Waals surface area contributed by atoms with Crippen molar-refractivity contribution >= 4 is 18.3 Å². The molecule has 1 nitrogen and oxygen atoms in total. The monoisotopic (exact) mass is 201 g/mol. The maximum absolute atomic E-state index is 5.89. The van der Waals surface area contributed by atoms with Crippen molar-refractivity contribution in [2.45, 2.75) is 4.90 Å². The Morgan fingerprint density at radius 3 is 2.00 bits per heavy atom. The first kappa shape index (κ1) is 9.16. The molecule has 0 bridgehead atoms. The second-order valence-corrected chi connectivity index (χ2v) is 3.59. The predicted octanol–water partition coefficient (Wildman–Crippen LogP) is 3.22. The summed E-state index contributed by atoms with van der Waals surface area (Å²) in [6.45, 7) is 0. The number of benzene rings is 2. The van der Waals surface area contributed by atoms with Crippen LogP contribution in [0.2, 0.25) is 0 Å². The molecule has 0 aromatic heterocycles. The van der Waals surface area contributed by atoms with Gasteiger partial charge < -0.3 is 5.73 Å². The van der Waals surface area contributed by atoms with Gasteiger partial charge in [-0.1, -0.05) is 36.4 Å². The lowest BCUT2D eigenvalue weighted by Gasteiger charge is -2.07. The molecule has 0 amide bonds. The molecule has 70 valence electrons. The van der Waals surface area contributed by atoms with Crippen LogP contribution < -0.4 is 5.73 Å². The average Bonchev–Trinajstić information content (AvgIpc) is 2.20. The van der Waals surface area contributed by atoms with Crippen molar-refractivity contribution < 1.29 is 0 Å². The third-order valence-electron chi connectivity index (χ3n) is 2.16. The van der Waals surface area contributed by atoms with Crippen LogP contribution in [0, 0.1) is 0 Å². The molecule has 0 heterocycles. The number of nitrogen functional groups attached to an aromatic ring is 1. The molecule has 2 aromatic rings. The zero-order chi connectivity index (χ0) is 9.97. The first-order valence-corrected chi connectivity index (χ1v) is 4.86. The van der Waals surface area contributed by atoms with E-state index in [4.69, 9.17) is 5.73 Å². The molecule has 0 atom stereocenters. The van der Waals surface area contributed by atoms with Crippen molar-refractivity contribution in [3.8, 4) is 11.1 Å². The zero-order valence-corrected chi connectivity index (χ0v) is 8.54. The molecular formula is C12H11NS. The van der Waals surface area contributed by atoms with E-state index in [0.717, 1.165) is 21.7 Å². The van der Waals surface area contributed by atoms with E-state index in [1.165, 1.54) is 0 Å². The van der Waals surface area contributed by atoms with Gasteiger partial charge in [0.2, 0.25) is 0 Å². The molecule has 2 aromatic carbocycles.